The van der Waals surface area contributed by atoms with E-state index in [1.807, 2.05) is 18.2 Å². The fourth-order valence-electron chi connectivity index (χ4n) is 2.75. The maximum atomic E-state index is 9.66. The first-order chi connectivity index (χ1) is 9.20. The molecule has 0 aromatic heterocycles. The van der Waals surface area contributed by atoms with E-state index in [2.05, 4.69) is 21.2 Å². The highest BCUT2D eigenvalue weighted by Gasteiger charge is 2.19. The van der Waals surface area contributed by atoms with Crippen molar-refractivity contribution in [3.63, 3.8) is 0 Å². The molecule has 19 heavy (non-hydrogen) atoms. The molecular weight excluding hydrogens is 326 g/mol. The quantitative estimate of drug-likeness (QED) is 0.790. The molecule has 0 heterocycles. The lowest BCUT2D eigenvalue weighted by atomic mass is 10.0. The van der Waals surface area contributed by atoms with Gasteiger partial charge in [0, 0.05) is 15.5 Å². The second-order valence-corrected chi connectivity index (χ2v) is 6.58. The Labute approximate surface area is 128 Å². The maximum absolute atomic E-state index is 9.66. The topological polar surface area (TPSA) is 32.3 Å². The summed E-state index contributed by atoms with van der Waals surface area (Å²) < 4.78 is 0.994. The molecule has 4 heteroatoms. The van der Waals surface area contributed by atoms with Gasteiger partial charge in [-0.05, 0) is 36.6 Å². The maximum Gasteiger partial charge on any atom is 0.0627 e. The molecule has 0 amide bonds. The molecular formula is C15H21BrClNO. The highest BCUT2D eigenvalue weighted by Crippen LogP contribution is 2.28. The molecule has 1 aromatic rings. The summed E-state index contributed by atoms with van der Waals surface area (Å²) in [5.41, 5.74) is 0.975. The van der Waals surface area contributed by atoms with Gasteiger partial charge in [0.05, 0.1) is 12.6 Å². The van der Waals surface area contributed by atoms with Crippen molar-refractivity contribution in [1.82, 2.24) is 5.32 Å². The lowest BCUT2D eigenvalue weighted by Gasteiger charge is -2.24. The first-order valence-electron chi connectivity index (χ1n) is 7.02. The molecule has 1 aliphatic rings. The van der Waals surface area contributed by atoms with Crippen LogP contribution < -0.4 is 5.32 Å². The number of hydrogen-bond donors (Lipinski definition) is 2. The summed E-state index contributed by atoms with van der Waals surface area (Å²) >= 11 is 9.71. The minimum absolute atomic E-state index is 0.0758. The molecule has 106 valence electrons. The Bertz CT molecular complexity index is 405. The van der Waals surface area contributed by atoms with E-state index in [0.29, 0.717) is 11.1 Å². The van der Waals surface area contributed by atoms with Gasteiger partial charge in [0.2, 0.25) is 0 Å². The predicted molar refractivity (Wildman–Crippen MR) is 83.6 cm³/mol. The van der Waals surface area contributed by atoms with Crippen LogP contribution in [0.25, 0.3) is 0 Å². The van der Waals surface area contributed by atoms with Crippen molar-refractivity contribution in [3.05, 3.63) is 33.3 Å². The molecule has 0 bridgehead atoms. The number of halogens is 2. The molecule has 1 unspecified atom stereocenters. The van der Waals surface area contributed by atoms with Crippen LogP contribution >= 0.6 is 27.5 Å². The van der Waals surface area contributed by atoms with E-state index in [1.54, 1.807) is 0 Å². The Kier molecular flexibility index (Phi) is 6.14. The summed E-state index contributed by atoms with van der Waals surface area (Å²) in [6.07, 6.45) is 7.62. The smallest absolute Gasteiger partial charge is 0.0627 e. The molecule has 0 aliphatic heterocycles. The van der Waals surface area contributed by atoms with Crippen LogP contribution in [0.2, 0.25) is 5.02 Å². The van der Waals surface area contributed by atoms with E-state index in [0.717, 1.165) is 10.0 Å². The fraction of sp³-hybridized carbons (Fsp3) is 0.600. The molecule has 2 N–H and O–H groups in total. The van der Waals surface area contributed by atoms with Crippen molar-refractivity contribution in [2.24, 2.45) is 0 Å². The van der Waals surface area contributed by atoms with Gasteiger partial charge < -0.3 is 10.4 Å². The Morgan fingerprint density at radius 1 is 1.26 bits per heavy atom. The number of aliphatic hydroxyl groups excluding tert-OH is 1. The SMILES string of the molecule is OCC(NC1CCCCCC1)c1cc(Br)ccc1Cl. The van der Waals surface area contributed by atoms with Crippen LogP contribution in [-0.2, 0) is 0 Å². The third kappa shape index (κ3) is 4.45. The zero-order valence-corrected chi connectivity index (χ0v) is 13.4. The van der Waals surface area contributed by atoms with Crippen LogP contribution in [0.1, 0.15) is 50.1 Å². The van der Waals surface area contributed by atoms with Gasteiger partial charge in [0.15, 0.2) is 0 Å². The zero-order chi connectivity index (χ0) is 13.7. The second-order valence-electron chi connectivity index (χ2n) is 5.26. The normalized spacial score (nSPS) is 19.1. The summed E-state index contributed by atoms with van der Waals surface area (Å²) in [6, 6.07) is 6.21. The van der Waals surface area contributed by atoms with Crippen molar-refractivity contribution < 1.29 is 5.11 Å². The van der Waals surface area contributed by atoms with Crippen LogP contribution in [0.5, 0.6) is 0 Å². The molecule has 1 saturated carbocycles. The Hall–Kier alpha value is -0.0900. The minimum atomic E-state index is -0.0758. The zero-order valence-electron chi connectivity index (χ0n) is 11.0. The number of rotatable bonds is 4. The number of hydrogen-bond acceptors (Lipinski definition) is 2. The monoisotopic (exact) mass is 345 g/mol. The molecule has 0 spiro atoms. The average Bonchev–Trinajstić information content (AvgIpc) is 2.67. The molecule has 1 aliphatic carbocycles. The summed E-state index contributed by atoms with van der Waals surface area (Å²) in [7, 11) is 0. The average molecular weight is 347 g/mol. The molecule has 1 atom stereocenters. The van der Waals surface area contributed by atoms with Crippen LogP contribution in [0.3, 0.4) is 0 Å². The van der Waals surface area contributed by atoms with Gasteiger partial charge >= 0.3 is 0 Å². The van der Waals surface area contributed by atoms with Crippen molar-refractivity contribution in [1.29, 1.82) is 0 Å². The van der Waals surface area contributed by atoms with Crippen LogP contribution in [0.15, 0.2) is 22.7 Å². The Balaban J connectivity index is 2.08. The predicted octanol–water partition coefficient (Wildman–Crippen LogP) is 4.45. The van der Waals surface area contributed by atoms with Gasteiger partial charge in [0.25, 0.3) is 0 Å². The molecule has 0 saturated heterocycles. The standard InChI is InChI=1S/C15H21BrClNO/c16-11-7-8-14(17)13(9-11)15(10-19)18-12-5-3-1-2-4-6-12/h7-9,12,15,18-19H,1-6,10H2. The highest BCUT2D eigenvalue weighted by molar-refractivity contribution is 9.10. The van der Waals surface area contributed by atoms with E-state index >= 15 is 0 Å². The van der Waals surface area contributed by atoms with E-state index in [4.69, 9.17) is 11.6 Å². The van der Waals surface area contributed by atoms with Gasteiger partial charge in [0.1, 0.15) is 0 Å². The molecule has 2 nitrogen and oxygen atoms in total. The van der Waals surface area contributed by atoms with Crippen LogP contribution in [0, 0.1) is 0 Å². The largest absolute Gasteiger partial charge is 0.394 e. The lowest BCUT2D eigenvalue weighted by molar-refractivity contribution is 0.228. The third-order valence-electron chi connectivity index (χ3n) is 3.81. The van der Waals surface area contributed by atoms with Crippen molar-refractivity contribution >= 4 is 27.5 Å². The summed E-state index contributed by atoms with van der Waals surface area (Å²) in [5.74, 6) is 0. The molecule has 0 radical (unpaired) electrons. The van der Waals surface area contributed by atoms with Gasteiger partial charge in [-0.2, -0.15) is 0 Å². The Morgan fingerprint density at radius 3 is 2.58 bits per heavy atom. The number of aliphatic hydroxyl groups is 1. The van der Waals surface area contributed by atoms with Gasteiger partial charge in [-0.25, -0.2) is 0 Å². The first kappa shape index (κ1) is 15.3. The molecule has 1 aromatic carbocycles. The summed E-state index contributed by atoms with van der Waals surface area (Å²) in [5, 5.41) is 13.9. The van der Waals surface area contributed by atoms with E-state index < -0.39 is 0 Å². The van der Waals surface area contributed by atoms with E-state index in [-0.39, 0.29) is 12.6 Å². The second kappa shape index (κ2) is 7.63. The van der Waals surface area contributed by atoms with Crippen molar-refractivity contribution in [2.75, 3.05) is 6.61 Å². The Morgan fingerprint density at radius 2 is 1.95 bits per heavy atom. The third-order valence-corrected chi connectivity index (χ3v) is 4.65. The van der Waals surface area contributed by atoms with Crippen molar-refractivity contribution in [2.45, 2.75) is 50.6 Å². The van der Waals surface area contributed by atoms with Gasteiger partial charge in [-0.1, -0.05) is 53.2 Å². The molecule has 1 fully saturated rings. The van der Waals surface area contributed by atoms with Crippen molar-refractivity contribution in [3.8, 4) is 0 Å². The van der Waals surface area contributed by atoms with Crippen LogP contribution in [-0.4, -0.2) is 17.8 Å². The summed E-state index contributed by atoms with van der Waals surface area (Å²) in [4.78, 5) is 0. The fourth-order valence-corrected chi connectivity index (χ4v) is 3.38. The van der Waals surface area contributed by atoms with Gasteiger partial charge in [-0.3, -0.25) is 0 Å². The van der Waals surface area contributed by atoms with Crippen LogP contribution in [0.4, 0.5) is 0 Å². The first-order valence-corrected chi connectivity index (χ1v) is 8.19. The highest BCUT2D eigenvalue weighted by atomic mass is 79.9. The minimum Gasteiger partial charge on any atom is -0.394 e. The molecule has 2 rings (SSSR count). The summed E-state index contributed by atoms with van der Waals surface area (Å²) in [6.45, 7) is 0.0761. The van der Waals surface area contributed by atoms with Gasteiger partial charge in [-0.15, -0.1) is 0 Å². The van der Waals surface area contributed by atoms with E-state index in [1.165, 1.54) is 38.5 Å². The lowest BCUT2D eigenvalue weighted by Crippen LogP contribution is -2.34. The van der Waals surface area contributed by atoms with E-state index in [9.17, 15) is 5.11 Å². The number of nitrogens with one attached hydrogen (secondary N) is 1. The number of benzene rings is 1.